The number of nitrogens with one attached hydrogen (secondary N) is 1. The Labute approximate surface area is 182 Å². The Morgan fingerprint density at radius 3 is 2.77 bits per heavy atom. The number of rotatable bonds is 4. The average Bonchev–Trinajstić information content (AvgIpc) is 3.44. The van der Waals surface area contributed by atoms with Gasteiger partial charge in [-0.25, -0.2) is 0 Å². The number of piperidine rings is 1. The number of carbonyl (C=O) groups is 2. The van der Waals surface area contributed by atoms with Gasteiger partial charge in [-0.05, 0) is 68.4 Å². The number of amides is 2. The van der Waals surface area contributed by atoms with Crippen LogP contribution < -0.4 is 5.32 Å². The van der Waals surface area contributed by atoms with E-state index in [0.29, 0.717) is 25.6 Å². The van der Waals surface area contributed by atoms with Crippen molar-refractivity contribution < 1.29 is 9.59 Å². The van der Waals surface area contributed by atoms with Gasteiger partial charge in [0.25, 0.3) is 5.91 Å². The van der Waals surface area contributed by atoms with Crippen LogP contribution in [0.5, 0.6) is 0 Å². The molecule has 1 aromatic rings. The fraction of sp³-hybridized carbons (Fsp3) is 0.652. The summed E-state index contributed by atoms with van der Waals surface area (Å²) in [7, 11) is 0. The smallest absolute Gasteiger partial charge is 0.264 e. The van der Waals surface area contributed by atoms with Crippen molar-refractivity contribution in [2.24, 2.45) is 22.7 Å². The van der Waals surface area contributed by atoms with Crippen molar-refractivity contribution in [3.05, 3.63) is 30.1 Å². The Bertz CT molecular complexity index is 852. The maximum Gasteiger partial charge on any atom is 0.264 e. The molecule has 7 heteroatoms. The molecule has 2 bridgehead atoms. The number of hydrogen-bond acceptors (Lipinski definition) is 5. The standard InChI is InChI=1S/C23H30N4O2S/c1-23(21(29)26-22(30-23)25-19-12-15-4-5-17(19)11-15)18-6-9-27(10-7-18)20(28)13-16-3-2-8-24-14-16/h2-3,8,14-15,17-19H,4-7,9-13H2,1H3,(H,25,26,29)/t15-,17?,19+,23?/m1/s1. The van der Waals surface area contributed by atoms with Gasteiger partial charge in [-0.2, -0.15) is 4.99 Å². The lowest BCUT2D eigenvalue weighted by atomic mass is 9.84. The second kappa shape index (κ2) is 7.98. The molecule has 160 valence electrons. The third kappa shape index (κ3) is 3.77. The quantitative estimate of drug-likeness (QED) is 0.801. The van der Waals surface area contributed by atoms with Crippen molar-refractivity contribution in [2.45, 2.75) is 62.7 Å². The highest BCUT2D eigenvalue weighted by Crippen LogP contribution is 2.47. The zero-order valence-corrected chi connectivity index (χ0v) is 18.4. The number of nitrogens with zero attached hydrogens (tertiary/aromatic N) is 3. The molecule has 6 nitrogen and oxygen atoms in total. The van der Waals surface area contributed by atoms with Gasteiger partial charge in [0.2, 0.25) is 5.91 Å². The van der Waals surface area contributed by atoms with Crippen molar-refractivity contribution >= 4 is 28.7 Å². The van der Waals surface area contributed by atoms with Gasteiger partial charge in [-0.1, -0.05) is 24.2 Å². The summed E-state index contributed by atoms with van der Waals surface area (Å²) in [4.78, 5) is 35.9. The van der Waals surface area contributed by atoms with Crippen LogP contribution in [-0.2, 0) is 16.0 Å². The van der Waals surface area contributed by atoms with Crippen LogP contribution in [0.1, 0.15) is 51.0 Å². The number of thioether (sulfide) groups is 1. The van der Waals surface area contributed by atoms with E-state index in [2.05, 4.69) is 22.2 Å². The molecule has 2 aliphatic heterocycles. The van der Waals surface area contributed by atoms with Crippen LogP contribution in [0.3, 0.4) is 0 Å². The fourth-order valence-electron chi connectivity index (χ4n) is 5.84. The molecule has 2 saturated carbocycles. The molecule has 0 aromatic carbocycles. The van der Waals surface area contributed by atoms with Crippen LogP contribution in [0.25, 0.3) is 0 Å². The number of aliphatic imine (C=N–C) groups is 1. The van der Waals surface area contributed by atoms with E-state index in [1.165, 1.54) is 25.7 Å². The number of hydrogen-bond donors (Lipinski definition) is 1. The molecule has 2 unspecified atom stereocenters. The van der Waals surface area contributed by atoms with E-state index in [0.717, 1.165) is 35.4 Å². The molecule has 30 heavy (non-hydrogen) atoms. The molecule has 5 rings (SSSR count). The third-order valence-electron chi connectivity index (χ3n) is 7.69. The van der Waals surface area contributed by atoms with Crippen LogP contribution in [0, 0.1) is 17.8 Å². The highest BCUT2D eigenvalue weighted by atomic mass is 32.2. The van der Waals surface area contributed by atoms with Gasteiger partial charge in [0.1, 0.15) is 4.75 Å². The van der Waals surface area contributed by atoms with E-state index in [1.54, 1.807) is 24.2 Å². The van der Waals surface area contributed by atoms with Gasteiger partial charge in [0.15, 0.2) is 5.17 Å². The summed E-state index contributed by atoms with van der Waals surface area (Å²) in [5.41, 5.74) is 0.947. The monoisotopic (exact) mass is 426 g/mol. The highest BCUT2D eigenvalue weighted by Gasteiger charge is 2.49. The van der Waals surface area contributed by atoms with Crippen molar-refractivity contribution in [2.75, 3.05) is 13.1 Å². The molecule has 1 aromatic heterocycles. The Hall–Kier alpha value is -1.89. The molecule has 1 saturated heterocycles. The van der Waals surface area contributed by atoms with Crippen LogP contribution in [0.2, 0.25) is 0 Å². The van der Waals surface area contributed by atoms with Crippen LogP contribution >= 0.6 is 11.8 Å². The summed E-state index contributed by atoms with van der Waals surface area (Å²) in [6.07, 6.45) is 10.8. The molecule has 2 amide bonds. The zero-order chi connectivity index (χ0) is 20.7. The number of pyridine rings is 1. The molecule has 4 aliphatic rings. The third-order valence-corrected chi connectivity index (χ3v) is 9.02. The number of fused-ring (bicyclic) bond motifs is 2. The molecular weight excluding hydrogens is 396 g/mol. The van der Waals surface area contributed by atoms with E-state index in [1.807, 2.05) is 17.0 Å². The molecule has 4 atom stereocenters. The largest absolute Gasteiger partial charge is 0.361 e. The summed E-state index contributed by atoms with van der Waals surface area (Å²) in [5, 5.41) is 4.44. The first-order chi connectivity index (χ1) is 14.5. The maximum atomic E-state index is 12.9. The van der Waals surface area contributed by atoms with Gasteiger partial charge >= 0.3 is 0 Å². The first-order valence-electron chi connectivity index (χ1n) is 11.3. The summed E-state index contributed by atoms with van der Waals surface area (Å²) in [6.45, 7) is 3.47. The van der Waals surface area contributed by atoms with Crippen molar-refractivity contribution in [1.29, 1.82) is 0 Å². The Balaban J connectivity index is 1.15. The molecule has 0 radical (unpaired) electrons. The lowest BCUT2D eigenvalue weighted by Crippen LogP contribution is -2.47. The molecule has 1 N–H and O–H groups in total. The minimum atomic E-state index is -0.502. The second-order valence-corrected chi connectivity index (χ2v) is 11.0. The van der Waals surface area contributed by atoms with E-state index in [4.69, 9.17) is 0 Å². The van der Waals surface area contributed by atoms with Crippen molar-refractivity contribution in [3.63, 3.8) is 0 Å². The Kier molecular flexibility index (Phi) is 5.33. The highest BCUT2D eigenvalue weighted by molar-refractivity contribution is 8.16. The zero-order valence-electron chi connectivity index (χ0n) is 17.5. The van der Waals surface area contributed by atoms with Gasteiger partial charge < -0.3 is 10.2 Å². The van der Waals surface area contributed by atoms with Crippen LogP contribution in [-0.4, -0.2) is 50.7 Å². The number of likely N-dealkylation sites (tertiary alicyclic amines) is 1. The molecule has 3 heterocycles. The second-order valence-electron chi connectivity index (χ2n) is 9.55. The predicted octanol–water partition coefficient (Wildman–Crippen LogP) is 3.03. The first-order valence-corrected chi connectivity index (χ1v) is 12.1. The number of aromatic nitrogens is 1. The summed E-state index contributed by atoms with van der Waals surface area (Å²) in [5.74, 6) is 2.02. The van der Waals surface area contributed by atoms with E-state index in [-0.39, 0.29) is 17.7 Å². The van der Waals surface area contributed by atoms with Gasteiger partial charge in [0, 0.05) is 31.5 Å². The lowest BCUT2D eigenvalue weighted by molar-refractivity contribution is -0.132. The van der Waals surface area contributed by atoms with E-state index >= 15 is 0 Å². The first kappa shape index (κ1) is 20.0. The van der Waals surface area contributed by atoms with E-state index < -0.39 is 4.75 Å². The SMILES string of the molecule is CC1(C2CCN(C(=O)Cc3cccnc3)CC2)SC(N[C@H]2C[C@@H]3CCC2C3)=NC1=O. The molecule has 3 fully saturated rings. The van der Waals surface area contributed by atoms with E-state index in [9.17, 15) is 9.59 Å². The fourth-order valence-corrected chi connectivity index (χ4v) is 7.12. The minimum Gasteiger partial charge on any atom is -0.361 e. The predicted molar refractivity (Wildman–Crippen MR) is 118 cm³/mol. The Morgan fingerprint density at radius 2 is 2.10 bits per heavy atom. The summed E-state index contributed by atoms with van der Waals surface area (Å²) >= 11 is 1.63. The average molecular weight is 427 g/mol. The van der Waals surface area contributed by atoms with Crippen molar-refractivity contribution in [1.82, 2.24) is 15.2 Å². The van der Waals surface area contributed by atoms with Crippen molar-refractivity contribution in [3.8, 4) is 0 Å². The number of amidine groups is 1. The van der Waals surface area contributed by atoms with Gasteiger partial charge in [-0.15, -0.1) is 0 Å². The van der Waals surface area contributed by atoms with Gasteiger partial charge in [0.05, 0.1) is 6.42 Å². The van der Waals surface area contributed by atoms with Crippen LogP contribution in [0.4, 0.5) is 0 Å². The summed E-state index contributed by atoms with van der Waals surface area (Å²) in [6, 6.07) is 4.30. The molecule has 2 aliphatic carbocycles. The minimum absolute atomic E-state index is 0.00158. The molecule has 0 spiro atoms. The topological polar surface area (TPSA) is 74.7 Å². The van der Waals surface area contributed by atoms with Crippen LogP contribution in [0.15, 0.2) is 29.5 Å². The lowest BCUT2D eigenvalue weighted by Gasteiger charge is -2.38. The summed E-state index contributed by atoms with van der Waals surface area (Å²) < 4.78 is -0.502. The number of carbonyl (C=O) groups excluding carboxylic acids is 2. The normalized spacial score (nSPS) is 33.8. The Morgan fingerprint density at radius 1 is 1.27 bits per heavy atom. The maximum absolute atomic E-state index is 12.9. The van der Waals surface area contributed by atoms with Gasteiger partial charge in [-0.3, -0.25) is 14.6 Å². The molecular formula is C23H30N4O2S.